The van der Waals surface area contributed by atoms with E-state index in [1.807, 2.05) is 4.90 Å². The van der Waals surface area contributed by atoms with Crippen LogP contribution in [0.5, 0.6) is 0 Å². The summed E-state index contributed by atoms with van der Waals surface area (Å²) in [4.78, 5) is 13.4. The topological polar surface area (TPSA) is 191 Å². The van der Waals surface area contributed by atoms with Crippen molar-refractivity contribution in [3.63, 3.8) is 0 Å². The Kier molecular flexibility index (Phi) is 13.9. The summed E-state index contributed by atoms with van der Waals surface area (Å²) in [5.41, 5.74) is 0. The number of carbonyl (C=O) groups is 1. The van der Waals surface area contributed by atoms with Gasteiger partial charge in [-0.05, 0) is 33.2 Å². The Bertz CT molecular complexity index is 611. The van der Waals surface area contributed by atoms with E-state index in [1.54, 1.807) is 13.8 Å². The van der Waals surface area contributed by atoms with E-state index in [4.69, 9.17) is 18.9 Å². The number of rotatable bonds is 14. The number of aliphatic hydroxyl groups excluding tert-OH is 6. The van der Waals surface area contributed by atoms with Gasteiger partial charge in [0.25, 0.3) is 0 Å². The van der Waals surface area contributed by atoms with Crippen LogP contribution in [0.15, 0.2) is 0 Å². The van der Waals surface area contributed by atoms with Gasteiger partial charge in [0, 0.05) is 35.7 Å². The molecule has 0 unspecified atom stereocenters. The van der Waals surface area contributed by atoms with Gasteiger partial charge in [0.2, 0.25) is 5.91 Å². The van der Waals surface area contributed by atoms with Crippen molar-refractivity contribution in [2.45, 2.75) is 101 Å². The molecule has 10 atom stereocenters. The molecular weight excluding hydrogens is 548 g/mol. The highest BCUT2D eigenvalue weighted by molar-refractivity contribution is 9.08. The van der Waals surface area contributed by atoms with Gasteiger partial charge >= 0.3 is 0 Å². The fourth-order valence-electron chi connectivity index (χ4n) is 4.08. The molecule has 0 aromatic carbocycles. The molecule has 1 amide bonds. The summed E-state index contributed by atoms with van der Waals surface area (Å²) < 4.78 is 24.6. The summed E-state index contributed by atoms with van der Waals surface area (Å²) in [7, 11) is 0. The summed E-state index contributed by atoms with van der Waals surface area (Å²) in [6, 6.07) is 0. The Morgan fingerprint density at radius 3 is 1.67 bits per heavy atom. The molecule has 13 nitrogen and oxygen atoms in total. The lowest BCUT2D eigenvalue weighted by Gasteiger charge is -2.39. The summed E-state index contributed by atoms with van der Waals surface area (Å²) in [6.07, 6.45) is -8.77. The second kappa shape index (κ2) is 15.8. The first-order valence-corrected chi connectivity index (χ1v) is 13.1. The predicted octanol–water partition coefficient (Wildman–Crippen LogP) is -2.04. The van der Waals surface area contributed by atoms with Crippen molar-refractivity contribution in [2.75, 3.05) is 32.8 Å². The van der Waals surface area contributed by atoms with E-state index < -0.39 is 61.4 Å². The first-order chi connectivity index (χ1) is 17.1. The molecule has 2 fully saturated rings. The number of halogens is 1. The van der Waals surface area contributed by atoms with E-state index in [0.717, 1.165) is 19.3 Å². The Morgan fingerprint density at radius 1 is 0.750 bits per heavy atom. The van der Waals surface area contributed by atoms with Gasteiger partial charge in [-0.3, -0.25) is 14.0 Å². The monoisotopic (exact) mass is 588 g/mol. The van der Waals surface area contributed by atoms with Gasteiger partial charge in [-0.25, -0.2) is 0 Å². The molecule has 2 saturated heterocycles. The number of carbonyl (C=O) groups excluding carboxylic acids is 1. The highest BCUT2D eigenvalue weighted by Crippen LogP contribution is 2.23. The Morgan fingerprint density at radius 2 is 1.22 bits per heavy atom. The fourth-order valence-corrected chi connectivity index (χ4v) is 4.28. The van der Waals surface area contributed by atoms with E-state index in [-0.39, 0.29) is 19.1 Å². The summed E-state index contributed by atoms with van der Waals surface area (Å²) in [5, 5.41) is 59.8. The molecule has 2 aliphatic rings. The molecule has 0 aromatic rings. The molecule has 7 N–H and O–H groups in total. The molecule has 2 rings (SSSR count). The standard InChI is InChI=1S/C22H41BrN2O11/c1-12-15(27)17(29)19(31)21(35-12)33-10-8-25(7-5-3-4-6-14(26)24-23)9-11-34-22-20(32)18(30)16(28)13(2)36-22/h12-13,15-22,27-32H,3-11H2,1-2H3,(H,24,26)/t12-,13-,15+,16+,17+,18+,19-,20-,21+,22+/m0/s1. The van der Waals surface area contributed by atoms with E-state index in [9.17, 15) is 35.4 Å². The number of unbranched alkanes of at least 4 members (excludes halogenated alkanes) is 2. The molecule has 2 heterocycles. The zero-order valence-corrected chi connectivity index (χ0v) is 22.3. The van der Waals surface area contributed by atoms with Crippen LogP contribution in [-0.4, -0.2) is 136 Å². The molecule has 0 bridgehead atoms. The quantitative estimate of drug-likeness (QED) is 0.0870. The van der Waals surface area contributed by atoms with Crippen LogP contribution in [0, 0.1) is 0 Å². The van der Waals surface area contributed by atoms with Gasteiger partial charge in [0.1, 0.15) is 36.6 Å². The largest absolute Gasteiger partial charge is 0.388 e. The van der Waals surface area contributed by atoms with Crippen molar-refractivity contribution in [1.29, 1.82) is 0 Å². The maximum Gasteiger partial charge on any atom is 0.229 e. The van der Waals surface area contributed by atoms with Crippen molar-refractivity contribution >= 4 is 22.1 Å². The highest BCUT2D eigenvalue weighted by Gasteiger charge is 2.43. The third kappa shape index (κ3) is 9.36. The molecule has 0 spiro atoms. The van der Waals surface area contributed by atoms with Gasteiger partial charge in [-0.2, -0.15) is 0 Å². The molecule has 0 aromatic heterocycles. The van der Waals surface area contributed by atoms with Crippen LogP contribution in [-0.2, 0) is 23.7 Å². The number of nitrogens with one attached hydrogen (secondary N) is 1. The second-order valence-corrected chi connectivity index (χ2v) is 9.67. The van der Waals surface area contributed by atoms with Crippen LogP contribution in [0.25, 0.3) is 0 Å². The molecule has 0 saturated carbocycles. The number of aliphatic hydroxyl groups is 6. The first-order valence-electron chi connectivity index (χ1n) is 12.3. The summed E-state index contributed by atoms with van der Waals surface area (Å²) in [5.74, 6) is -0.0891. The van der Waals surface area contributed by atoms with Crippen molar-refractivity contribution in [3.05, 3.63) is 0 Å². The minimum atomic E-state index is -1.39. The molecular formula is C22H41BrN2O11. The number of amides is 1. The van der Waals surface area contributed by atoms with Crippen LogP contribution in [0.3, 0.4) is 0 Å². The Hall–Kier alpha value is -0.490. The van der Waals surface area contributed by atoms with Crippen molar-refractivity contribution in [3.8, 4) is 0 Å². The zero-order chi connectivity index (χ0) is 26.8. The van der Waals surface area contributed by atoms with Crippen LogP contribution in [0.4, 0.5) is 0 Å². The number of nitrogens with zero attached hydrogens (tertiary/aromatic N) is 1. The Labute approximate surface area is 219 Å². The van der Waals surface area contributed by atoms with Gasteiger partial charge in [0.05, 0.1) is 25.4 Å². The lowest BCUT2D eigenvalue weighted by Crippen LogP contribution is -2.57. The number of ether oxygens (including phenoxy) is 4. The van der Waals surface area contributed by atoms with E-state index in [1.165, 1.54) is 0 Å². The lowest BCUT2D eigenvalue weighted by atomic mass is 10.0. The SMILES string of the molecule is C[C@@H]1O[C@@H](OCCN(CCCCCC(=O)NBr)CCO[C@@H]2O[C@@H](C)[C@@H](O)[C@@H](O)[C@@H]2O)[C@@H](O)[C@H](O)[C@@H]1O. The van der Waals surface area contributed by atoms with Crippen molar-refractivity contribution in [2.24, 2.45) is 0 Å². The zero-order valence-electron chi connectivity index (χ0n) is 20.7. The number of hydrogen-bond acceptors (Lipinski definition) is 12. The third-order valence-electron chi connectivity index (χ3n) is 6.48. The normalized spacial score (nSPS) is 37.3. The predicted molar refractivity (Wildman–Crippen MR) is 129 cm³/mol. The average Bonchev–Trinajstić information content (AvgIpc) is 2.86. The molecule has 14 heteroatoms. The first kappa shape index (κ1) is 31.7. The van der Waals surface area contributed by atoms with Crippen LogP contribution in [0.1, 0.15) is 39.5 Å². The van der Waals surface area contributed by atoms with Gasteiger partial charge < -0.3 is 49.6 Å². The smallest absolute Gasteiger partial charge is 0.229 e. The minimum Gasteiger partial charge on any atom is -0.388 e. The molecule has 2 aliphatic heterocycles. The molecule has 0 radical (unpaired) electrons. The summed E-state index contributed by atoms with van der Waals surface area (Å²) in [6.45, 7) is 4.98. The highest BCUT2D eigenvalue weighted by atomic mass is 79.9. The number of hydrogen-bond donors (Lipinski definition) is 7. The second-order valence-electron chi connectivity index (χ2n) is 9.27. The van der Waals surface area contributed by atoms with Crippen LogP contribution < -0.4 is 4.34 Å². The molecule has 0 aliphatic carbocycles. The van der Waals surface area contributed by atoms with Gasteiger partial charge in [-0.1, -0.05) is 6.42 Å². The van der Waals surface area contributed by atoms with Crippen LogP contribution in [0.2, 0.25) is 0 Å². The Balaban J connectivity index is 1.82. The van der Waals surface area contributed by atoms with E-state index >= 15 is 0 Å². The summed E-state index contributed by atoms with van der Waals surface area (Å²) >= 11 is 2.91. The van der Waals surface area contributed by atoms with Crippen molar-refractivity contribution < 1.29 is 54.4 Å². The fraction of sp³-hybridized carbons (Fsp3) is 0.955. The van der Waals surface area contributed by atoms with E-state index in [2.05, 4.69) is 20.5 Å². The van der Waals surface area contributed by atoms with Gasteiger partial charge in [-0.15, -0.1) is 0 Å². The maximum absolute atomic E-state index is 11.3. The minimum absolute atomic E-state index is 0.0891. The molecule has 36 heavy (non-hydrogen) atoms. The van der Waals surface area contributed by atoms with Crippen LogP contribution >= 0.6 is 16.1 Å². The average molecular weight is 589 g/mol. The van der Waals surface area contributed by atoms with Gasteiger partial charge in [0.15, 0.2) is 12.6 Å². The third-order valence-corrected chi connectivity index (χ3v) is 6.92. The van der Waals surface area contributed by atoms with E-state index in [0.29, 0.717) is 26.1 Å². The van der Waals surface area contributed by atoms with Crippen molar-refractivity contribution in [1.82, 2.24) is 9.24 Å². The molecule has 212 valence electrons. The lowest BCUT2D eigenvalue weighted by molar-refractivity contribution is -0.295. The maximum atomic E-state index is 11.3.